The lowest BCUT2D eigenvalue weighted by Crippen LogP contribution is -2.46. The standard InChI is InChI=1S/C36H40N6O6S2/c1-21(39-35(45)47-3)33(43)41-17-5-7-27(41)31-37-19-29(49-31)25-13-9-23(10-14-25)24-11-15-26(16-12-24)30-20-38-32(50-30)28-8-6-18-42(28)34(44)22(2)40-36(46)48-4/h9-16,19-22,27-28H,5-8,17-18H2,1-4H3,(H,39,45)(H,40,46)/t21-,22-,27-,28-/m0/s1. The number of hydrogen-bond donors (Lipinski definition) is 2. The van der Waals surface area contributed by atoms with Crippen molar-refractivity contribution >= 4 is 46.7 Å². The highest BCUT2D eigenvalue weighted by Crippen LogP contribution is 2.40. The number of carbonyl (C=O) groups is 4. The van der Waals surface area contributed by atoms with E-state index in [0.29, 0.717) is 13.1 Å². The Hall–Kier alpha value is -4.82. The minimum absolute atomic E-state index is 0.116. The molecule has 0 saturated carbocycles. The first-order chi connectivity index (χ1) is 24.2. The van der Waals surface area contributed by atoms with Crippen LogP contribution in [0.25, 0.3) is 32.0 Å². The predicted octanol–water partition coefficient (Wildman–Crippen LogP) is 6.42. The maximum atomic E-state index is 13.1. The van der Waals surface area contributed by atoms with Crippen LogP contribution in [0.2, 0.25) is 0 Å². The Morgan fingerprint density at radius 2 is 1.02 bits per heavy atom. The molecule has 2 aromatic heterocycles. The second kappa shape index (κ2) is 15.4. The van der Waals surface area contributed by atoms with Gasteiger partial charge in [-0.1, -0.05) is 48.5 Å². The first kappa shape index (κ1) is 35.0. The molecule has 4 heterocycles. The fourth-order valence-electron chi connectivity index (χ4n) is 6.47. The van der Waals surface area contributed by atoms with Crippen molar-refractivity contribution < 1.29 is 28.7 Å². The van der Waals surface area contributed by atoms with E-state index in [1.54, 1.807) is 46.3 Å². The average molecular weight is 717 g/mol. The van der Waals surface area contributed by atoms with Gasteiger partial charge in [0.1, 0.15) is 22.1 Å². The van der Waals surface area contributed by atoms with Gasteiger partial charge in [0, 0.05) is 25.5 Å². The molecule has 0 spiro atoms. The van der Waals surface area contributed by atoms with Crippen molar-refractivity contribution in [1.29, 1.82) is 0 Å². The van der Waals surface area contributed by atoms with Gasteiger partial charge in [-0.15, -0.1) is 22.7 Å². The molecule has 2 fully saturated rings. The highest BCUT2D eigenvalue weighted by molar-refractivity contribution is 7.15. The summed E-state index contributed by atoms with van der Waals surface area (Å²) in [5.74, 6) is -0.288. The molecule has 2 aliphatic rings. The SMILES string of the molecule is COC(=O)N[C@@H](C)C(=O)N1CCC[C@H]1c1ncc(-c2ccc(-c3ccc(-c4cnc([C@@H]5CCCN5C(=O)[C@H](C)NC(=O)OC)s4)cc3)cc2)s1. The second-order valence-electron chi connectivity index (χ2n) is 12.4. The summed E-state index contributed by atoms with van der Waals surface area (Å²) in [4.78, 5) is 64.4. The van der Waals surface area contributed by atoms with Gasteiger partial charge in [-0.05, 0) is 61.8 Å². The van der Waals surface area contributed by atoms with Crippen LogP contribution in [-0.4, -0.2) is 83.2 Å². The fraction of sp³-hybridized carbons (Fsp3) is 0.389. The number of thiazole rings is 2. The highest BCUT2D eigenvalue weighted by atomic mass is 32.1. The van der Waals surface area contributed by atoms with Crippen LogP contribution >= 0.6 is 22.7 Å². The van der Waals surface area contributed by atoms with Crippen LogP contribution in [0.5, 0.6) is 0 Å². The van der Waals surface area contributed by atoms with Crippen molar-refractivity contribution in [2.75, 3.05) is 27.3 Å². The van der Waals surface area contributed by atoms with E-state index in [1.807, 2.05) is 12.4 Å². The monoisotopic (exact) mass is 716 g/mol. The third kappa shape index (κ3) is 7.50. The second-order valence-corrected chi connectivity index (χ2v) is 14.5. The number of aromatic nitrogens is 2. The number of likely N-dealkylation sites (tertiary alicyclic amines) is 2. The number of rotatable bonds is 9. The van der Waals surface area contributed by atoms with Crippen molar-refractivity contribution in [2.24, 2.45) is 0 Å². The minimum Gasteiger partial charge on any atom is -0.453 e. The quantitative estimate of drug-likeness (QED) is 0.202. The molecule has 4 aromatic rings. The van der Waals surface area contributed by atoms with Gasteiger partial charge in [0.05, 0.1) is 36.1 Å². The average Bonchev–Trinajstić information content (AvgIpc) is 3.97. The summed E-state index contributed by atoms with van der Waals surface area (Å²) in [6.45, 7) is 4.58. The van der Waals surface area contributed by atoms with Crippen LogP contribution in [0.15, 0.2) is 60.9 Å². The molecule has 0 unspecified atom stereocenters. The number of benzene rings is 2. The summed E-state index contributed by atoms with van der Waals surface area (Å²) in [5, 5.41) is 6.91. The van der Waals surface area contributed by atoms with Crippen LogP contribution in [0.1, 0.15) is 61.6 Å². The first-order valence-corrected chi connectivity index (χ1v) is 18.2. The molecule has 2 aliphatic heterocycles. The van der Waals surface area contributed by atoms with E-state index in [-0.39, 0.29) is 23.9 Å². The number of methoxy groups -OCH3 is 2. The molecule has 2 N–H and O–H groups in total. The zero-order valence-electron chi connectivity index (χ0n) is 28.4. The van der Waals surface area contributed by atoms with E-state index in [0.717, 1.165) is 67.7 Å². The summed E-state index contributed by atoms with van der Waals surface area (Å²) < 4.78 is 9.29. The lowest BCUT2D eigenvalue weighted by molar-refractivity contribution is -0.134. The molecular weight excluding hydrogens is 677 g/mol. The Morgan fingerprint density at radius 3 is 1.38 bits per heavy atom. The Balaban J connectivity index is 1.09. The van der Waals surface area contributed by atoms with Crippen LogP contribution in [0, 0.1) is 0 Å². The maximum Gasteiger partial charge on any atom is 0.407 e. The number of alkyl carbamates (subject to hydrolysis) is 2. The summed E-state index contributed by atoms with van der Waals surface area (Å²) in [7, 11) is 2.55. The van der Waals surface area contributed by atoms with E-state index in [4.69, 9.17) is 9.97 Å². The van der Waals surface area contributed by atoms with Crippen LogP contribution in [0.4, 0.5) is 9.59 Å². The Morgan fingerprint density at radius 1 is 0.660 bits per heavy atom. The molecule has 2 aromatic carbocycles. The van der Waals surface area contributed by atoms with E-state index in [1.165, 1.54) is 14.2 Å². The van der Waals surface area contributed by atoms with Gasteiger partial charge < -0.3 is 29.9 Å². The molecule has 262 valence electrons. The maximum absolute atomic E-state index is 13.1. The van der Waals surface area contributed by atoms with Crippen molar-refractivity contribution in [3.63, 3.8) is 0 Å². The van der Waals surface area contributed by atoms with Crippen molar-refractivity contribution in [1.82, 2.24) is 30.4 Å². The van der Waals surface area contributed by atoms with Gasteiger partial charge in [0.15, 0.2) is 0 Å². The predicted molar refractivity (Wildman–Crippen MR) is 191 cm³/mol. The molecule has 6 rings (SSSR count). The van der Waals surface area contributed by atoms with Crippen LogP contribution in [-0.2, 0) is 19.1 Å². The molecule has 0 radical (unpaired) electrons. The first-order valence-electron chi connectivity index (χ1n) is 16.6. The molecular formula is C36H40N6O6S2. The van der Waals surface area contributed by atoms with Gasteiger partial charge >= 0.3 is 12.2 Å². The summed E-state index contributed by atoms with van der Waals surface area (Å²) >= 11 is 3.18. The summed E-state index contributed by atoms with van der Waals surface area (Å²) in [6.07, 6.45) is 5.89. The number of nitrogens with one attached hydrogen (secondary N) is 2. The van der Waals surface area contributed by atoms with Gasteiger partial charge in [-0.3, -0.25) is 9.59 Å². The van der Waals surface area contributed by atoms with Crippen molar-refractivity contribution in [3.05, 3.63) is 70.9 Å². The number of carbonyl (C=O) groups excluding carboxylic acids is 4. The van der Waals surface area contributed by atoms with Gasteiger partial charge in [-0.2, -0.15) is 0 Å². The van der Waals surface area contributed by atoms with E-state index in [9.17, 15) is 19.2 Å². The Kier molecular flexibility index (Phi) is 10.8. The molecule has 0 bridgehead atoms. The molecule has 2 saturated heterocycles. The van der Waals surface area contributed by atoms with Crippen LogP contribution in [0.3, 0.4) is 0 Å². The minimum atomic E-state index is -0.684. The lowest BCUT2D eigenvalue weighted by atomic mass is 10.0. The van der Waals surface area contributed by atoms with Crippen molar-refractivity contribution in [3.8, 4) is 32.0 Å². The largest absolute Gasteiger partial charge is 0.453 e. The number of amides is 4. The van der Waals surface area contributed by atoms with Crippen molar-refractivity contribution in [2.45, 2.75) is 63.7 Å². The smallest absolute Gasteiger partial charge is 0.407 e. The van der Waals surface area contributed by atoms with E-state index < -0.39 is 24.3 Å². The highest BCUT2D eigenvalue weighted by Gasteiger charge is 2.36. The van der Waals surface area contributed by atoms with Gasteiger partial charge in [0.2, 0.25) is 11.8 Å². The molecule has 14 heteroatoms. The zero-order chi connectivity index (χ0) is 35.4. The molecule has 4 atom stereocenters. The number of hydrogen-bond acceptors (Lipinski definition) is 10. The third-order valence-electron chi connectivity index (χ3n) is 9.14. The molecule has 0 aliphatic carbocycles. The molecule has 4 amide bonds. The van der Waals surface area contributed by atoms with E-state index >= 15 is 0 Å². The number of ether oxygens (including phenoxy) is 2. The Bertz CT molecular complexity index is 1710. The molecule has 50 heavy (non-hydrogen) atoms. The topological polar surface area (TPSA) is 143 Å². The normalized spacial score (nSPS) is 18.4. The van der Waals surface area contributed by atoms with Crippen LogP contribution < -0.4 is 10.6 Å². The lowest BCUT2D eigenvalue weighted by Gasteiger charge is -2.26. The Labute approximate surface area is 298 Å². The van der Waals surface area contributed by atoms with E-state index in [2.05, 4.69) is 68.6 Å². The fourth-order valence-corrected chi connectivity index (χ4v) is 8.61. The molecule has 12 nitrogen and oxygen atoms in total. The van der Waals surface area contributed by atoms with Gasteiger partial charge in [-0.25, -0.2) is 19.6 Å². The zero-order valence-corrected chi connectivity index (χ0v) is 30.0. The van der Waals surface area contributed by atoms with Gasteiger partial charge in [0.25, 0.3) is 0 Å². The summed E-state index contributed by atoms with van der Waals surface area (Å²) in [6, 6.07) is 15.2. The summed E-state index contributed by atoms with van der Waals surface area (Å²) in [5.41, 5.74) is 4.28. The number of nitrogens with zero attached hydrogens (tertiary/aromatic N) is 4. The third-order valence-corrected chi connectivity index (χ3v) is 11.4.